The van der Waals surface area contributed by atoms with Crippen molar-refractivity contribution in [1.82, 2.24) is 9.88 Å². The van der Waals surface area contributed by atoms with Crippen molar-refractivity contribution in [2.24, 2.45) is 0 Å². The van der Waals surface area contributed by atoms with Gasteiger partial charge >= 0.3 is 0 Å². The lowest BCUT2D eigenvalue weighted by molar-refractivity contribution is 0.0676. The zero-order valence-corrected chi connectivity index (χ0v) is 12.0. The molecule has 0 spiro atoms. The Morgan fingerprint density at radius 3 is 3.05 bits per heavy atom. The Morgan fingerprint density at radius 1 is 1.55 bits per heavy atom. The summed E-state index contributed by atoms with van der Waals surface area (Å²) >= 11 is 0. The Hall–Kier alpha value is -1.86. The molecule has 0 aromatic carbocycles. The SMILES string of the molecule is CCC1CCC(C)N1C(=O)c1ccncc1C#CCO. The van der Waals surface area contributed by atoms with Crippen LogP contribution in [0.2, 0.25) is 0 Å². The molecule has 0 bridgehead atoms. The summed E-state index contributed by atoms with van der Waals surface area (Å²) in [6, 6.07) is 2.28. The minimum atomic E-state index is -0.222. The molecule has 2 rings (SSSR count). The van der Waals surface area contributed by atoms with Crippen molar-refractivity contribution >= 4 is 5.91 Å². The zero-order valence-electron chi connectivity index (χ0n) is 12.0. The third-order valence-electron chi connectivity index (χ3n) is 3.85. The van der Waals surface area contributed by atoms with Crippen molar-refractivity contribution in [3.63, 3.8) is 0 Å². The first kappa shape index (κ1) is 14.5. The maximum atomic E-state index is 12.8. The lowest BCUT2D eigenvalue weighted by Gasteiger charge is -2.28. The second-order valence-electron chi connectivity index (χ2n) is 5.08. The molecule has 2 unspecified atom stereocenters. The van der Waals surface area contributed by atoms with E-state index in [9.17, 15) is 4.79 Å². The van der Waals surface area contributed by atoms with Crippen LogP contribution in [0.3, 0.4) is 0 Å². The summed E-state index contributed by atoms with van der Waals surface area (Å²) in [5, 5.41) is 8.80. The van der Waals surface area contributed by atoms with Gasteiger partial charge in [-0.25, -0.2) is 0 Å². The molecule has 0 saturated carbocycles. The smallest absolute Gasteiger partial charge is 0.255 e. The second kappa shape index (κ2) is 6.53. The summed E-state index contributed by atoms with van der Waals surface area (Å²) in [7, 11) is 0. The Labute approximate surface area is 119 Å². The first-order chi connectivity index (χ1) is 9.69. The van der Waals surface area contributed by atoms with E-state index in [-0.39, 0.29) is 18.6 Å². The number of rotatable bonds is 2. The molecule has 1 fully saturated rings. The normalized spacial score (nSPS) is 21.4. The number of hydrogen-bond donors (Lipinski definition) is 1. The molecule has 106 valence electrons. The quantitative estimate of drug-likeness (QED) is 0.836. The number of nitrogens with zero attached hydrogens (tertiary/aromatic N) is 2. The van der Waals surface area contributed by atoms with Gasteiger partial charge < -0.3 is 10.0 Å². The average molecular weight is 272 g/mol. The van der Waals surface area contributed by atoms with E-state index in [1.54, 1.807) is 18.5 Å². The standard InChI is InChI=1S/C16H20N2O2/c1-3-14-7-6-12(2)18(14)16(20)15-8-9-17-11-13(15)5-4-10-19/h8-9,11-12,14,19H,3,6-7,10H2,1-2H3. The van der Waals surface area contributed by atoms with Crippen LogP contribution >= 0.6 is 0 Å². The summed E-state index contributed by atoms with van der Waals surface area (Å²) < 4.78 is 0. The average Bonchev–Trinajstić information content (AvgIpc) is 2.85. The van der Waals surface area contributed by atoms with E-state index in [4.69, 9.17) is 5.11 Å². The molecule has 1 N–H and O–H groups in total. The molecule has 2 atom stereocenters. The summed E-state index contributed by atoms with van der Waals surface area (Å²) in [6.07, 6.45) is 6.27. The van der Waals surface area contributed by atoms with Crippen molar-refractivity contribution < 1.29 is 9.90 Å². The molecule has 20 heavy (non-hydrogen) atoms. The van der Waals surface area contributed by atoms with Crippen LogP contribution in [0.25, 0.3) is 0 Å². The van der Waals surface area contributed by atoms with E-state index in [0.29, 0.717) is 17.2 Å². The number of aliphatic hydroxyl groups excluding tert-OH is 1. The highest BCUT2D eigenvalue weighted by molar-refractivity contribution is 5.97. The van der Waals surface area contributed by atoms with Gasteiger partial charge in [0.1, 0.15) is 6.61 Å². The van der Waals surface area contributed by atoms with Crippen molar-refractivity contribution in [2.75, 3.05) is 6.61 Å². The summed E-state index contributed by atoms with van der Waals surface area (Å²) in [6.45, 7) is 3.98. The predicted molar refractivity (Wildman–Crippen MR) is 77.1 cm³/mol. The maximum Gasteiger partial charge on any atom is 0.255 e. The minimum absolute atomic E-state index is 0.0199. The Kier molecular flexibility index (Phi) is 4.75. The van der Waals surface area contributed by atoms with Crippen molar-refractivity contribution in [1.29, 1.82) is 0 Å². The van der Waals surface area contributed by atoms with E-state index in [2.05, 4.69) is 30.7 Å². The molecule has 1 aliphatic rings. The van der Waals surface area contributed by atoms with E-state index in [1.807, 2.05) is 4.90 Å². The highest BCUT2D eigenvalue weighted by Gasteiger charge is 2.34. The molecule has 1 aromatic heterocycles. The van der Waals surface area contributed by atoms with Gasteiger partial charge in [0, 0.05) is 24.5 Å². The molecule has 2 heterocycles. The fraction of sp³-hybridized carbons (Fsp3) is 0.500. The molecule has 0 radical (unpaired) electrons. The van der Waals surface area contributed by atoms with Crippen LogP contribution in [-0.2, 0) is 0 Å². The predicted octanol–water partition coefficient (Wildman–Crippen LogP) is 1.83. The summed E-state index contributed by atoms with van der Waals surface area (Å²) in [5.74, 6) is 5.41. The number of pyridine rings is 1. The van der Waals surface area contributed by atoms with E-state index >= 15 is 0 Å². The fourth-order valence-corrected chi connectivity index (χ4v) is 2.79. The van der Waals surface area contributed by atoms with Crippen LogP contribution in [0.4, 0.5) is 0 Å². The van der Waals surface area contributed by atoms with Crippen LogP contribution in [0, 0.1) is 11.8 Å². The van der Waals surface area contributed by atoms with Gasteiger partial charge in [0.25, 0.3) is 5.91 Å². The Bertz CT molecular complexity index is 545. The van der Waals surface area contributed by atoms with Gasteiger partial charge in [0.05, 0.1) is 11.1 Å². The van der Waals surface area contributed by atoms with Crippen LogP contribution < -0.4 is 0 Å². The van der Waals surface area contributed by atoms with Crippen molar-refractivity contribution in [3.05, 3.63) is 29.6 Å². The number of carbonyl (C=O) groups excluding carboxylic acids is 1. The Morgan fingerprint density at radius 2 is 2.35 bits per heavy atom. The number of hydrogen-bond acceptors (Lipinski definition) is 3. The lowest BCUT2D eigenvalue weighted by Crippen LogP contribution is -2.40. The molecule has 1 aromatic rings. The van der Waals surface area contributed by atoms with Crippen LogP contribution in [0.15, 0.2) is 18.5 Å². The molecular weight excluding hydrogens is 252 g/mol. The van der Waals surface area contributed by atoms with E-state index < -0.39 is 0 Å². The molecule has 4 heteroatoms. The van der Waals surface area contributed by atoms with E-state index in [0.717, 1.165) is 19.3 Å². The van der Waals surface area contributed by atoms with Crippen molar-refractivity contribution in [2.45, 2.75) is 45.2 Å². The lowest BCUT2D eigenvalue weighted by atomic mass is 10.1. The van der Waals surface area contributed by atoms with Gasteiger partial charge in [-0.05, 0) is 32.3 Å². The third-order valence-corrected chi connectivity index (χ3v) is 3.85. The van der Waals surface area contributed by atoms with Gasteiger partial charge in [-0.15, -0.1) is 0 Å². The topological polar surface area (TPSA) is 53.4 Å². The second-order valence-corrected chi connectivity index (χ2v) is 5.08. The molecule has 0 aliphatic carbocycles. The molecule has 1 amide bonds. The highest BCUT2D eigenvalue weighted by Crippen LogP contribution is 2.28. The molecule has 1 aliphatic heterocycles. The number of likely N-dealkylation sites (tertiary alicyclic amines) is 1. The number of aliphatic hydroxyl groups is 1. The summed E-state index contributed by atoms with van der Waals surface area (Å²) in [5.41, 5.74) is 1.16. The monoisotopic (exact) mass is 272 g/mol. The van der Waals surface area contributed by atoms with Gasteiger partial charge in [-0.1, -0.05) is 18.8 Å². The van der Waals surface area contributed by atoms with E-state index in [1.165, 1.54) is 0 Å². The van der Waals surface area contributed by atoms with Crippen molar-refractivity contribution in [3.8, 4) is 11.8 Å². The third kappa shape index (κ3) is 2.83. The molecule has 1 saturated heterocycles. The van der Waals surface area contributed by atoms with Gasteiger partial charge in [0.15, 0.2) is 0 Å². The fourth-order valence-electron chi connectivity index (χ4n) is 2.79. The number of aromatic nitrogens is 1. The zero-order chi connectivity index (χ0) is 14.5. The van der Waals surface area contributed by atoms with Crippen LogP contribution in [0.1, 0.15) is 49.0 Å². The van der Waals surface area contributed by atoms with Crippen LogP contribution in [0.5, 0.6) is 0 Å². The Balaban J connectivity index is 2.33. The van der Waals surface area contributed by atoms with Gasteiger partial charge in [0.2, 0.25) is 0 Å². The first-order valence-corrected chi connectivity index (χ1v) is 7.05. The van der Waals surface area contributed by atoms with Crippen LogP contribution in [-0.4, -0.2) is 39.6 Å². The first-order valence-electron chi connectivity index (χ1n) is 7.05. The van der Waals surface area contributed by atoms with Gasteiger partial charge in [-0.2, -0.15) is 0 Å². The minimum Gasteiger partial charge on any atom is -0.384 e. The highest BCUT2D eigenvalue weighted by atomic mass is 16.2. The molecular formula is C16H20N2O2. The number of amides is 1. The van der Waals surface area contributed by atoms with Gasteiger partial charge in [-0.3, -0.25) is 9.78 Å². The molecule has 4 nitrogen and oxygen atoms in total. The maximum absolute atomic E-state index is 12.8. The summed E-state index contributed by atoms with van der Waals surface area (Å²) in [4.78, 5) is 18.8. The largest absolute Gasteiger partial charge is 0.384 e. The number of carbonyl (C=O) groups is 1.